The summed E-state index contributed by atoms with van der Waals surface area (Å²) in [6.07, 6.45) is 1.10. The maximum Gasteiger partial charge on any atom is 0.262 e. The van der Waals surface area contributed by atoms with E-state index in [-0.39, 0.29) is 24.0 Å². The molecule has 4 rings (SSSR count). The highest BCUT2D eigenvalue weighted by molar-refractivity contribution is 6.02. The van der Waals surface area contributed by atoms with Gasteiger partial charge in [0, 0.05) is 25.8 Å². The monoisotopic (exact) mass is 423 g/mol. The summed E-state index contributed by atoms with van der Waals surface area (Å²) in [5.41, 5.74) is 2.45. The van der Waals surface area contributed by atoms with Gasteiger partial charge in [-0.1, -0.05) is 18.2 Å². The quantitative estimate of drug-likeness (QED) is 0.736. The lowest BCUT2D eigenvalue weighted by Gasteiger charge is -2.38. The van der Waals surface area contributed by atoms with Gasteiger partial charge in [0.2, 0.25) is 0 Å². The number of hydrogen-bond donors (Lipinski definition) is 1. The summed E-state index contributed by atoms with van der Waals surface area (Å²) in [5, 5.41) is 3.53. The summed E-state index contributed by atoms with van der Waals surface area (Å²) >= 11 is 0. The molecule has 1 N–H and O–H groups in total. The Labute approximate surface area is 182 Å². The minimum atomic E-state index is -0.635. The molecule has 31 heavy (non-hydrogen) atoms. The van der Waals surface area contributed by atoms with Gasteiger partial charge < -0.3 is 24.6 Å². The molecular weight excluding hydrogens is 394 g/mol. The minimum absolute atomic E-state index is 0.0466. The number of hydrogen-bond acceptors (Lipinski definition) is 5. The van der Waals surface area contributed by atoms with Crippen LogP contribution in [0.15, 0.2) is 42.5 Å². The minimum Gasteiger partial charge on any atom is -0.490 e. The molecule has 164 valence electrons. The van der Waals surface area contributed by atoms with Gasteiger partial charge in [-0.2, -0.15) is 0 Å². The molecule has 0 bridgehead atoms. The molecule has 2 atom stereocenters. The van der Waals surface area contributed by atoms with Crippen LogP contribution in [0.5, 0.6) is 11.5 Å². The van der Waals surface area contributed by atoms with Gasteiger partial charge in [0.15, 0.2) is 17.6 Å². The third-order valence-corrected chi connectivity index (χ3v) is 5.58. The Morgan fingerprint density at radius 3 is 2.61 bits per heavy atom. The average Bonchev–Trinajstić information content (AvgIpc) is 3.59. The summed E-state index contributed by atoms with van der Waals surface area (Å²) in [6, 6.07) is 13.5. The summed E-state index contributed by atoms with van der Waals surface area (Å²) in [5.74, 6) is 0.990. The number of carbonyl (C=O) groups is 2. The SMILES string of the molecule is CCOc1cc([C@@H]2Nc3ccccc3C(=O)N2C2CC2)ccc1O[C@H](C)C(=O)N(C)C. The first kappa shape index (κ1) is 21.0. The van der Waals surface area contributed by atoms with Crippen molar-refractivity contribution >= 4 is 17.5 Å². The summed E-state index contributed by atoms with van der Waals surface area (Å²) in [4.78, 5) is 28.9. The van der Waals surface area contributed by atoms with Crippen molar-refractivity contribution in [3.05, 3.63) is 53.6 Å². The number of para-hydroxylation sites is 1. The zero-order chi connectivity index (χ0) is 22.1. The van der Waals surface area contributed by atoms with Crippen LogP contribution in [0.25, 0.3) is 0 Å². The highest BCUT2D eigenvalue weighted by Crippen LogP contribution is 2.42. The number of amides is 2. The number of likely N-dealkylation sites (N-methyl/N-ethyl adjacent to an activating group) is 1. The van der Waals surface area contributed by atoms with Gasteiger partial charge in [-0.05, 0) is 56.5 Å². The third kappa shape index (κ3) is 4.17. The highest BCUT2D eigenvalue weighted by atomic mass is 16.5. The van der Waals surface area contributed by atoms with E-state index in [0.29, 0.717) is 23.7 Å². The molecule has 0 saturated heterocycles. The molecule has 0 spiro atoms. The Balaban J connectivity index is 1.66. The second-order valence-electron chi connectivity index (χ2n) is 8.17. The summed E-state index contributed by atoms with van der Waals surface area (Å²) in [6.45, 7) is 4.08. The molecule has 0 aromatic heterocycles. The predicted octanol–water partition coefficient (Wildman–Crippen LogP) is 3.67. The van der Waals surface area contributed by atoms with Crippen LogP contribution >= 0.6 is 0 Å². The van der Waals surface area contributed by atoms with Crippen molar-refractivity contribution in [2.24, 2.45) is 0 Å². The van der Waals surface area contributed by atoms with Gasteiger partial charge in [0.25, 0.3) is 11.8 Å². The topological polar surface area (TPSA) is 71.1 Å². The molecule has 0 radical (unpaired) electrons. The first-order chi connectivity index (χ1) is 14.9. The van der Waals surface area contributed by atoms with Crippen molar-refractivity contribution in [3.63, 3.8) is 0 Å². The number of carbonyl (C=O) groups excluding carboxylic acids is 2. The standard InChI is InChI=1S/C24H29N3O4/c1-5-30-21-14-16(10-13-20(21)31-15(2)23(28)26(3)4)22-25-19-9-7-6-8-18(19)24(29)27(22)17-11-12-17/h6-10,13-15,17,22,25H,5,11-12H2,1-4H3/t15-,22-/m1/s1. The number of benzene rings is 2. The Hall–Kier alpha value is -3.22. The first-order valence-corrected chi connectivity index (χ1v) is 10.7. The van der Waals surface area contributed by atoms with Crippen LogP contribution in [0.2, 0.25) is 0 Å². The van der Waals surface area contributed by atoms with E-state index < -0.39 is 6.10 Å². The van der Waals surface area contributed by atoms with E-state index in [9.17, 15) is 9.59 Å². The molecule has 1 fully saturated rings. The van der Waals surface area contributed by atoms with Crippen LogP contribution in [0.1, 0.15) is 48.8 Å². The highest BCUT2D eigenvalue weighted by Gasteiger charge is 2.42. The number of rotatable bonds is 7. The number of fused-ring (bicyclic) bond motifs is 1. The van der Waals surface area contributed by atoms with Crippen LogP contribution < -0.4 is 14.8 Å². The fourth-order valence-corrected chi connectivity index (χ4v) is 3.91. The maximum absolute atomic E-state index is 13.2. The molecule has 2 aromatic rings. The lowest BCUT2D eigenvalue weighted by molar-refractivity contribution is -0.135. The second kappa shape index (κ2) is 8.49. The van der Waals surface area contributed by atoms with E-state index in [1.54, 1.807) is 21.0 Å². The van der Waals surface area contributed by atoms with Gasteiger partial charge in [0.05, 0.1) is 12.2 Å². The number of ether oxygens (including phenoxy) is 2. The van der Waals surface area contributed by atoms with Crippen molar-refractivity contribution < 1.29 is 19.1 Å². The summed E-state index contributed by atoms with van der Waals surface area (Å²) < 4.78 is 11.7. The summed E-state index contributed by atoms with van der Waals surface area (Å²) in [7, 11) is 3.40. The number of anilines is 1. The lowest BCUT2D eigenvalue weighted by atomic mass is 10.0. The van der Waals surface area contributed by atoms with E-state index in [0.717, 1.165) is 24.1 Å². The van der Waals surface area contributed by atoms with Crippen LogP contribution in [0, 0.1) is 0 Å². The van der Waals surface area contributed by atoms with Crippen molar-refractivity contribution in [1.82, 2.24) is 9.80 Å². The van der Waals surface area contributed by atoms with Crippen molar-refractivity contribution in [2.45, 2.75) is 45.0 Å². The molecule has 1 aliphatic heterocycles. The van der Waals surface area contributed by atoms with Gasteiger partial charge in [0.1, 0.15) is 6.17 Å². The molecule has 1 aliphatic carbocycles. The number of nitrogens with one attached hydrogen (secondary N) is 1. The Kier molecular flexibility index (Phi) is 5.76. The molecule has 0 unspecified atom stereocenters. The second-order valence-corrected chi connectivity index (χ2v) is 8.17. The van der Waals surface area contributed by atoms with E-state index in [1.165, 1.54) is 4.90 Å². The Morgan fingerprint density at radius 2 is 1.94 bits per heavy atom. The zero-order valence-corrected chi connectivity index (χ0v) is 18.4. The van der Waals surface area contributed by atoms with Gasteiger partial charge >= 0.3 is 0 Å². The fourth-order valence-electron chi connectivity index (χ4n) is 3.91. The Bertz CT molecular complexity index is 987. The number of nitrogens with zero attached hydrogens (tertiary/aromatic N) is 2. The normalized spacial score (nSPS) is 18.6. The largest absolute Gasteiger partial charge is 0.490 e. The van der Waals surface area contributed by atoms with Gasteiger partial charge in [-0.25, -0.2) is 0 Å². The maximum atomic E-state index is 13.2. The Morgan fingerprint density at radius 1 is 1.19 bits per heavy atom. The molecule has 2 aliphatic rings. The van der Waals surface area contributed by atoms with Crippen LogP contribution in [-0.4, -0.2) is 54.5 Å². The first-order valence-electron chi connectivity index (χ1n) is 10.7. The third-order valence-electron chi connectivity index (χ3n) is 5.58. The molecule has 7 nitrogen and oxygen atoms in total. The van der Waals surface area contributed by atoms with Crippen LogP contribution in [-0.2, 0) is 4.79 Å². The fraction of sp³-hybridized carbons (Fsp3) is 0.417. The zero-order valence-electron chi connectivity index (χ0n) is 18.4. The van der Waals surface area contributed by atoms with Gasteiger partial charge in [-0.15, -0.1) is 0 Å². The molecule has 1 saturated carbocycles. The molecular formula is C24H29N3O4. The van der Waals surface area contributed by atoms with Crippen LogP contribution in [0.3, 0.4) is 0 Å². The van der Waals surface area contributed by atoms with Crippen LogP contribution in [0.4, 0.5) is 5.69 Å². The van der Waals surface area contributed by atoms with Crippen molar-refractivity contribution in [3.8, 4) is 11.5 Å². The smallest absolute Gasteiger partial charge is 0.262 e. The average molecular weight is 424 g/mol. The molecule has 7 heteroatoms. The van der Waals surface area contributed by atoms with E-state index in [2.05, 4.69) is 5.32 Å². The van der Waals surface area contributed by atoms with E-state index in [4.69, 9.17) is 9.47 Å². The molecule has 1 heterocycles. The van der Waals surface area contributed by atoms with Crippen molar-refractivity contribution in [1.29, 1.82) is 0 Å². The van der Waals surface area contributed by atoms with E-state index >= 15 is 0 Å². The molecule has 2 amide bonds. The van der Waals surface area contributed by atoms with E-state index in [1.807, 2.05) is 54.3 Å². The predicted molar refractivity (Wildman–Crippen MR) is 118 cm³/mol. The molecule has 2 aromatic carbocycles. The lowest BCUT2D eigenvalue weighted by Crippen LogP contribution is -2.44. The van der Waals surface area contributed by atoms with Gasteiger partial charge in [-0.3, -0.25) is 9.59 Å². The van der Waals surface area contributed by atoms with Crippen molar-refractivity contribution in [2.75, 3.05) is 26.0 Å².